The summed E-state index contributed by atoms with van der Waals surface area (Å²) in [6, 6.07) is 8.37. The number of aromatic nitrogens is 1. The number of aliphatic hydroxyl groups excluding tert-OH is 1. The minimum absolute atomic E-state index is 0.0236. The lowest BCUT2D eigenvalue weighted by Crippen LogP contribution is -2.48. The highest BCUT2D eigenvalue weighted by Crippen LogP contribution is 2.42. The third-order valence-electron chi connectivity index (χ3n) is 8.64. The van der Waals surface area contributed by atoms with E-state index in [2.05, 4.69) is 27.2 Å². The van der Waals surface area contributed by atoms with E-state index in [4.69, 9.17) is 0 Å². The number of carbonyl (C=O) groups excluding carboxylic acids is 1. The van der Waals surface area contributed by atoms with Gasteiger partial charge in [0.2, 0.25) is 5.91 Å². The molecule has 2 heterocycles. The summed E-state index contributed by atoms with van der Waals surface area (Å²) >= 11 is 0. The summed E-state index contributed by atoms with van der Waals surface area (Å²) in [4.78, 5) is 17.7. The Morgan fingerprint density at radius 2 is 2.00 bits per heavy atom. The number of aryl methyl sites for hydroxylation is 1. The molecule has 0 bridgehead atoms. The molecule has 8 heteroatoms. The molecule has 3 aliphatic rings. The molecule has 2 saturated carbocycles. The van der Waals surface area contributed by atoms with Crippen molar-refractivity contribution in [3.05, 3.63) is 65.0 Å². The van der Waals surface area contributed by atoms with Crippen molar-refractivity contribution in [2.45, 2.75) is 76.4 Å². The lowest BCUT2D eigenvalue weighted by Gasteiger charge is -2.41. The van der Waals surface area contributed by atoms with Crippen LogP contribution in [0.25, 0.3) is 0 Å². The van der Waals surface area contributed by atoms with Crippen molar-refractivity contribution in [1.82, 2.24) is 21.2 Å². The summed E-state index contributed by atoms with van der Waals surface area (Å²) in [6.45, 7) is 1.82. The molecule has 6 unspecified atom stereocenters. The van der Waals surface area contributed by atoms with Crippen LogP contribution in [0.15, 0.2) is 36.5 Å². The van der Waals surface area contributed by atoms with E-state index in [0.717, 1.165) is 37.8 Å². The van der Waals surface area contributed by atoms with Gasteiger partial charge in [0.05, 0.1) is 6.04 Å². The van der Waals surface area contributed by atoms with Crippen LogP contribution in [0.1, 0.15) is 67.8 Å². The number of benzene rings is 1. The zero-order chi connectivity index (χ0) is 25.3. The van der Waals surface area contributed by atoms with Crippen LogP contribution in [0.5, 0.6) is 0 Å². The Hall–Kier alpha value is -2.42. The van der Waals surface area contributed by atoms with E-state index in [-0.39, 0.29) is 42.5 Å². The Bertz CT molecular complexity index is 1080. The molecule has 1 aromatic carbocycles. The molecular weight excluding hydrogens is 462 g/mol. The van der Waals surface area contributed by atoms with E-state index in [1.807, 2.05) is 19.2 Å². The number of amides is 1. The molecule has 4 N–H and O–H groups in total. The fourth-order valence-corrected chi connectivity index (χ4v) is 6.72. The molecule has 36 heavy (non-hydrogen) atoms. The standard InChI is InChI=1S/C28H36F2N4O2/c1-17-12-18(9-11-31-17)26-21-13-19(7-8-25(21)33-34-26)27(36)32-20-4-3-10-28(14-20,16-35)15-22-23(29)5-2-6-24(22)30/h2,5-6,9,11-12,19-21,25-26,33-35H,3-4,7-8,10,13-16H2,1H3,(H,32,36). The largest absolute Gasteiger partial charge is 0.396 e. The van der Waals surface area contributed by atoms with Crippen LogP contribution in [-0.2, 0) is 11.2 Å². The number of halogens is 2. The van der Waals surface area contributed by atoms with Crippen LogP contribution in [0.4, 0.5) is 8.78 Å². The fraction of sp³-hybridized carbons (Fsp3) is 0.571. The maximum Gasteiger partial charge on any atom is 0.223 e. The molecule has 1 aliphatic heterocycles. The molecule has 5 rings (SSSR count). The van der Waals surface area contributed by atoms with Crippen LogP contribution in [0.3, 0.4) is 0 Å². The van der Waals surface area contributed by atoms with Crippen molar-refractivity contribution in [2.24, 2.45) is 17.3 Å². The average Bonchev–Trinajstić information content (AvgIpc) is 3.30. The number of hydrogen-bond acceptors (Lipinski definition) is 5. The van der Waals surface area contributed by atoms with Crippen LogP contribution in [-0.4, -0.2) is 34.7 Å². The van der Waals surface area contributed by atoms with Crippen molar-refractivity contribution in [3.63, 3.8) is 0 Å². The first-order valence-electron chi connectivity index (χ1n) is 13.2. The number of hydrazine groups is 1. The van der Waals surface area contributed by atoms with Gasteiger partial charge in [-0.15, -0.1) is 0 Å². The minimum atomic E-state index is -0.638. The second-order valence-electron chi connectivity index (χ2n) is 11.1. The number of carbonyl (C=O) groups is 1. The van der Waals surface area contributed by atoms with Crippen LogP contribution >= 0.6 is 0 Å². The van der Waals surface area contributed by atoms with Gasteiger partial charge in [-0.2, -0.15) is 0 Å². The predicted molar refractivity (Wildman–Crippen MR) is 133 cm³/mol. The Morgan fingerprint density at radius 3 is 2.75 bits per heavy atom. The normalized spacial score (nSPS) is 32.2. The van der Waals surface area contributed by atoms with E-state index in [1.165, 1.54) is 23.8 Å². The van der Waals surface area contributed by atoms with Gasteiger partial charge in [-0.1, -0.05) is 12.5 Å². The van der Waals surface area contributed by atoms with Crippen molar-refractivity contribution >= 4 is 5.91 Å². The smallest absolute Gasteiger partial charge is 0.223 e. The SMILES string of the molecule is Cc1cc(C2NNC3CCC(C(=O)NC4CCCC(CO)(Cc5c(F)cccc5F)C4)CC32)ccn1. The van der Waals surface area contributed by atoms with Gasteiger partial charge in [0, 0.05) is 42.1 Å². The number of aliphatic hydroxyl groups is 1. The van der Waals surface area contributed by atoms with Crippen LogP contribution in [0.2, 0.25) is 0 Å². The zero-order valence-corrected chi connectivity index (χ0v) is 20.8. The molecule has 1 amide bonds. The summed E-state index contributed by atoms with van der Waals surface area (Å²) in [5.41, 5.74) is 8.41. The summed E-state index contributed by atoms with van der Waals surface area (Å²) in [6.07, 6.45) is 7.31. The van der Waals surface area contributed by atoms with Crippen LogP contribution < -0.4 is 16.2 Å². The molecule has 0 radical (unpaired) electrons. The molecule has 6 nitrogen and oxygen atoms in total. The van der Waals surface area contributed by atoms with Crippen molar-refractivity contribution in [3.8, 4) is 0 Å². The molecule has 0 spiro atoms. The number of fused-ring (bicyclic) bond motifs is 1. The van der Waals surface area contributed by atoms with Crippen molar-refractivity contribution in [1.29, 1.82) is 0 Å². The van der Waals surface area contributed by atoms with Crippen molar-refractivity contribution in [2.75, 3.05) is 6.61 Å². The topological polar surface area (TPSA) is 86.3 Å². The van der Waals surface area contributed by atoms with E-state index < -0.39 is 17.0 Å². The molecule has 1 aromatic heterocycles. The van der Waals surface area contributed by atoms with Gasteiger partial charge in [-0.25, -0.2) is 14.2 Å². The lowest BCUT2D eigenvalue weighted by atomic mass is 9.68. The Balaban J connectivity index is 1.24. The average molecular weight is 499 g/mol. The number of rotatable bonds is 6. The van der Waals surface area contributed by atoms with E-state index in [1.54, 1.807) is 0 Å². The molecule has 194 valence electrons. The third-order valence-corrected chi connectivity index (χ3v) is 8.64. The van der Waals surface area contributed by atoms with E-state index in [9.17, 15) is 18.7 Å². The number of pyridine rings is 1. The quantitative estimate of drug-likeness (QED) is 0.486. The Morgan fingerprint density at radius 1 is 1.19 bits per heavy atom. The highest BCUT2D eigenvalue weighted by atomic mass is 19.1. The second-order valence-corrected chi connectivity index (χ2v) is 11.1. The first-order valence-corrected chi connectivity index (χ1v) is 13.2. The molecule has 1 saturated heterocycles. The Labute approximate surface area is 211 Å². The fourth-order valence-electron chi connectivity index (χ4n) is 6.72. The second kappa shape index (κ2) is 10.5. The molecule has 2 aliphatic carbocycles. The van der Waals surface area contributed by atoms with Gasteiger partial charge in [-0.05, 0) is 93.0 Å². The van der Waals surface area contributed by atoms with Crippen LogP contribution in [0, 0.1) is 35.8 Å². The van der Waals surface area contributed by atoms with Gasteiger partial charge in [0.25, 0.3) is 0 Å². The number of nitrogens with zero attached hydrogens (tertiary/aromatic N) is 1. The summed E-state index contributed by atoms with van der Waals surface area (Å²) < 4.78 is 28.7. The van der Waals surface area contributed by atoms with Gasteiger partial charge < -0.3 is 10.4 Å². The summed E-state index contributed by atoms with van der Waals surface area (Å²) in [5.74, 6) is -0.871. The number of hydrogen-bond donors (Lipinski definition) is 4. The molecular formula is C28H36F2N4O2. The third kappa shape index (κ3) is 5.17. The molecule has 3 fully saturated rings. The highest BCUT2D eigenvalue weighted by molar-refractivity contribution is 5.79. The highest BCUT2D eigenvalue weighted by Gasteiger charge is 2.44. The van der Waals surface area contributed by atoms with Gasteiger partial charge >= 0.3 is 0 Å². The van der Waals surface area contributed by atoms with Gasteiger partial charge in [-0.3, -0.25) is 15.2 Å². The predicted octanol–water partition coefficient (Wildman–Crippen LogP) is 3.88. The first-order chi connectivity index (χ1) is 17.4. The maximum absolute atomic E-state index is 14.3. The molecule has 2 aromatic rings. The minimum Gasteiger partial charge on any atom is -0.396 e. The molecule has 6 atom stereocenters. The number of nitrogens with one attached hydrogen (secondary N) is 3. The van der Waals surface area contributed by atoms with E-state index >= 15 is 0 Å². The summed E-state index contributed by atoms with van der Waals surface area (Å²) in [5, 5.41) is 13.5. The monoisotopic (exact) mass is 498 g/mol. The van der Waals surface area contributed by atoms with Crippen molar-refractivity contribution < 1.29 is 18.7 Å². The van der Waals surface area contributed by atoms with E-state index in [0.29, 0.717) is 24.8 Å². The van der Waals surface area contributed by atoms with Gasteiger partial charge in [0.15, 0.2) is 0 Å². The zero-order valence-electron chi connectivity index (χ0n) is 20.8. The Kier molecular flexibility index (Phi) is 7.37. The first kappa shape index (κ1) is 25.2. The van der Waals surface area contributed by atoms with Gasteiger partial charge in [0.1, 0.15) is 11.6 Å². The maximum atomic E-state index is 14.3. The summed E-state index contributed by atoms with van der Waals surface area (Å²) in [7, 11) is 0. The lowest BCUT2D eigenvalue weighted by molar-refractivity contribution is -0.128.